The first kappa shape index (κ1) is 29.9. The summed E-state index contributed by atoms with van der Waals surface area (Å²) < 4.78 is 68.7. The molecule has 0 spiro atoms. The Morgan fingerprint density at radius 3 is 1.80 bits per heavy atom. The van der Waals surface area contributed by atoms with E-state index in [9.17, 15) is 31.5 Å². The summed E-state index contributed by atoms with van der Waals surface area (Å²) in [6.07, 6.45) is -1.81. The Bertz CT molecular complexity index is 1470. The van der Waals surface area contributed by atoms with Crippen LogP contribution in [-0.4, -0.2) is 45.1 Å². The van der Waals surface area contributed by atoms with Gasteiger partial charge in [-0.05, 0) is 36.4 Å². The Balaban J connectivity index is 2.02. The van der Waals surface area contributed by atoms with Crippen LogP contribution in [0.4, 0.5) is 43.8 Å². The second kappa shape index (κ2) is 11.4. The number of nitrogens with zero attached hydrogens (tertiary/aromatic N) is 4. The first-order valence-electron chi connectivity index (χ1n) is 11.1. The standard InChI is InChI=1S/C25H15Cl4F5N4O2/c1-36-23(39)22(38(24(36)40)19-5-3-2-4-16(19)32)35-21(20(26)25(27,28)29)37(12-6-8-14(30)17(33)10-12)13-7-9-15(31)18(34)11-13/h2-11,20-21H,1H3. The van der Waals surface area contributed by atoms with Crippen molar-refractivity contribution in [3.8, 4) is 0 Å². The lowest BCUT2D eigenvalue weighted by Crippen LogP contribution is -2.45. The highest BCUT2D eigenvalue weighted by Gasteiger charge is 2.46. The van der Waals surface area contributed by atoms with Gasteiger partial charge in [-0.2, -0.15) is 0 Å². The minimum atomic E-state index is -2.38. The number of amides is 3. The number of carbonyl (C=O) groups is 2. The summed E-state index contributed by atoms with van der Waals surface area (Å²) in [6.45, 7) is 0. The fraction of sp³-hybridized carbons (Fsp3) is 0.160. The number of hydrogen-bond acceptors (Lipinski definition) is 4. The number of halogens is 9. The normalized spacial score (nSPS) is 16.6. The molecule has 1 fully saturated rings. The van der Waals surface area contributed by atoms with Crippen LogP contribution in [0.2, 0.25) is 0 Å². The minimum absolute atomic E-state index is 0.248. The van der Waals surface area contributed by atoms with Gasteiger partial charge in [0.25, 0.3) is 5.91 Å². The molecule has 6 nitrogen and oxygen atoms in total. The van der Waals surface area contributed by atoms with Gasteiger partial charge in [0.1, 0.15) is 17.4 Å². The van der Waals surface area contributed by atoms with E-state index in [1.165, 1.54) is 18.2 Å². The zero-order valence-corrected chi connectivity index (χ0v) is 23.0. The maximum Gasteiger partial charge on any atom is 0.337 e. The van der Waals surface area contributed by atoms with Crippen molar-refractivity contribution in [2.45, 2.75) is 15.3 Å². The predicted octanol–water partition coefficient (Wildman–Crippen LogP) is 7.32. The number of hydrogen-bond donors (Lipinski definition) is 0. The number of carbonyl (C=O) groups excluding carboxylic acids is 2. The Kier molecular flexibility index (Phi) is 8.51. The molecule has 1 saturated heterocycles. The van der Waals surface area contributed by atoms with Gasteiger partial charge in [0.05, 0.1) is 5.69 Å². The zero-order valence-electron chi connectivity index (χ0n) is 19.9. The molecule has 0 radical (unpaired) electrons. The molecule has 0 aromatic heterocycles. The van der Waals surface area contributed by atoms with E-state index < -0.39 is 62.2 Å². The molecule has 0 aliphatic carbocycles. The fourth-order valence-electron chi connectivity index (χ4n) is 3.81. The third kappa shape index (κ3) is 5.69. The number of likely N-dealkylation sites (N-methyl/N-ethyl adjacent to an activating group) is 1. The molecule has 4 rings (SSSR count). The van der Waals surface area contributed by atoms with Crippen LogP contribution in [-0.2, 0) is 4.79 Å². The van der Waals surface area contributed by atoms with Gasteiger partial charge in [-0.15, -0.1) is 11.6 Å². The second-order valence-corrected chi connectivity index (χ2v) is 11.1. The summed E-state index contributed by atoms with van der Waals surface area (Å²) in [7, 11) is 1.10. The number of anilines is 3. The fourth-order valence-corrected chi connectivity index (χ4v) is 4.32. The van der Waals surface area contributed by atoms with Crippen molar-refractivity contribution < 1.29 is 31.5 Å². The van der Waals surface area contributed by atoms with Gasteiger partial charge in [-0.3, -0.25) is 9.69 Å². The number of imide groups is 1. The van der Waals surface area contributed by atoms with Crippen LogP contribution in [0.25, 0.3) is 0 Å². The van der Waals surface area contributed by atoms with Crippen molar-refractivity contribution >= 4 is 81.2 Å². The second-order valence-electron chi connectivity index (χ2n) is 8.31. The molecule has 210 valence electrons. The van der Waals surface area contributed by atoms with Crippen LogP contribution in [0.1, 0.15) is 0 Å². The highest BCUT2D eigenvalue weighted by atomic mass is 35.6. The number of amidine groups is 1. The quantitative estimate of drug-likeness (QED) is 0.161. The maximum atomic E-state index is 14.7. The van der Waals surface area contributed by atoms with E-state index in [0.717, 1.165) is 42.3 Å². The first-order chi connectivity index (χ1) is 18.7. The molecule has 15 heteroatoms. The topological polar surface area (TPSA) is 56.2 Å². The Hall–Kier alpha value is -3.12. The lowest BCUT2D eigenvalue weighted by atomic mass is 10.1. The molecule has 3 amide bonds. The lowest BCUT2D eigenvalue weighted by molar-refractivity contribution is -0.119. The average Bonchev–Trinajstić information content (AvgIpc) is 3.10. The summed E-state index contributed by atoms with van der Waals surface area (Å²) >= 11 is 24.7. The highest BCUT2D eigenvalue weighted by Crippen LogP contribution is 2.42. The molecule has 0 saturated carbocycles. The highest BCUT2D eigenvalue weighted by molar-refractivity contribution is 6.70. The number of para-hydroxylation sites is 1. The van der Waals surface area contributed by atoms with Crippen molar-refractivity contribution in [1.29, 1.82) is 0 Å². The number of benzene rings is 3. The van der Waals surface area contributed by atoms with Crippen molar-refractivity contribution in [2.75, 3.05) is 16.8 Å². The van der Waals surface area contributed by atoms with Crippen LogP contribution in [0, 0.1) is 29.1 Å². The van der Waals surface area contributed by atoms with E-state index in [0.29, 0.717) is 21.9 Å². The van der Waals surface area contributed by atoms with Crippen LogP contribution in [0.3, 0.4) is 0 Å². The molecule has 3 aromatic carbocycles. The number of aliphatic imine (C=N–C) groups is 1. The summed E-state index contributed by atoms with van der Waals surface area (Å²) in [6, 6.07) is 8.84. The molecule has 0 bridgehead atoms. The van der Waals surface area contributed by atoms with E-state index in [1.54, 1.807) is 0 Å². The average molecular weight is 640 g/mol. The van der Waals surface area contributed by atoms with E-state index in [4.69, 9.17) is 46.4 Å². The largest absolute Gasteiger partial charge is 0.337 e. The van der Waals surface area contributed by atoms with Gasteiger partial charge in [0.15, 0.2) is 23.3 Å². The molecule has 1 aliphatic rings. The number of urea groups is 1. The molecule has 1 heterocycles. The molecular weight excluding hydrogens is 625 g/mol. The van der Waals surface area contributed by atoms with E-state index in [2.05, 4.69) is 4.99 Å². The summed E-state index contributed by atoms with van der Waals surface area (Å²) in [5.41, 5.74) is -0.863. The molecular formula is C25H15Cl4F5N4O2. The minimum Gasteiger partial charge on any atom is -0.317 e. The third-order valence-corrected chi connectivity index (χ3v) is 7.33. The van der Waals surface area contributed by atoms with Crippen molar-refractivity contribution in [2.24, 2.45) is 4.99 Å². The molecule has 2 unspecified atom stereocenters. The maximum absolute atomic E-state index is 14.7. The number of rotatable bonds is 6. The predicted molar refractivity (Wildman–Crippen MR) is 143 cm³/mol. The van der Waals surface area contributed by atoms with E-state index >= 15 is 0 Å². The van der Waals surface area contributed by atoms with Gasteiger partial charge in [0.2, 0.25) is 9.63 Å². The van der Waals surface area contributed by atoms with Gasteiger partial charge in [-0.1, -0.05) is 46.9 Å². The van der Waals surface area contributed by atoms with Gasteiger partial charge in [0, 0.05) is 30.6 Å². The molecule has 0 N–H and O–H groups in total. The molecule has 3 aromatic rings. The monoisotopic (exact) mass is 638 g/mol. The Morgan fingerprint density at radius 2 is 1.32 bits per heavy atom. The summed E-state index contributed by atoms with van der Waals surface area (Å²) in [5.74, 6) is -7.81. The van der Waals surface area contributed by atoms with Gasteiger partial charge in [-0.25, -0.2) is 36.6 Å². The summed E-state index contributed by atoms with van der Waals surface area (Å²) in [4.78, 5) is 32.6. The first-order valence-corrected chi connectivity index (χ1v) is 12.6. The van der Waals surface area contributed by atoms with Crippen molar-refractivity contribution in [3.63, 3.8) is 0 Å². The van der Waals surface area contributed by atoms with Gasteiger partial charge < -0.3 is 4.90 Å². The third-order valence-electron chi connectivity index (χ3n) is 5.74. The smallest absolute Gasteiger partial charge is 0.317 e. The van der Waals surface area contributed by atoms with Crippen LogP contribution in [0.5, 0.6) is 0 Å². The number of alkyl halides is 4. The van der Waals surface area contributed by atoms with Gasteiger partial charge >= 0.3 is 6.03 Å². The van der Waals surface area contributed by atoms with E-state index in [1.807, 2.05) is 0 Å². The molecule has 1 aliphatic heterocycles. The van der Waals surface area contributed by atoms with E-state index in [-0.39, 0.29) is 17.1 Å². The molecule has 40 heavy (non-hydrogen) atoms. The zero-order chi connectivity index (χ0) is 29.5. The van der Waals surface area contributed by atoms with Crippen LogP contribution in [0.15, 0.2) is 65.7 Å². The Morgan fingerprint density at radius 1 is 0.800 bits per heavy atom. The van der Waals surface area contributed by atoms with Crippen LogP contribution >= 0.6 is 46.4 Å². The molecule has 2 atom stereocenters. The Labute approximate surface area is 244 Å². The van der Waals surface area contributed by atoms with Crippen LogP contribution < -0.4 is 9.80 Å². The van der Waals surface area contributed by atoms with Crippen molar-refractivity contribution in [1.82, 2.24) is 4.90 Å². The van der Waals surface area contributed by atoms with Crippen molar-refractivity contribution in [3.05, 3.63) is 89.7 Å². The summed E-state index contributed by atoms with van der Waals surface area (Å²) in [5, 5.41) is -1.76. The lowest BCUT2D eigenvalue weighted by Gasteiger charge is -2.36. The SMILES string of the molecule is CN1C(=O)C(=NC(C(Cl)C(Cl)(Cl)Cl)N(c2ccc(F)c(F)c2)c2ccc(F)c(F)c2)N(c2ccccc2F)C1=O.